The lowest BCUT2D eigenvalue weighted by Crippen LogP contribution is -2.36. The number of aryl methyl sites for hydroxylation is 1. The van der Waals surface area contributed by atoms with Crippen molar-refractivity contribution in [3.8, 4) is 11.4 Å². The number of hydrogen-bond acceptors (Lipinski definition) is 6. The van der Waals surface area contributed by atoms with Gasteiger partial charge in [0, 0.05) is 18.3 Å². The van der Waals surface area contributed by atoms with E-state index in [0.29, 0.717) is 16.7 Å². The molecule has 2 aromatic carbocycles. The van der Waals surface area contributed by atoms with Crippen LogP contribution in [0.2, 0.25) is 0 Å². The van der Waals surface area contributed by atoms with E-state index in [1.54, 1.807) is 7.05 Å². The van der Waals surface area contributed by atoms with Crippen molar-refractivity contribution in [2.24, 2.45) is 0 Å². The normalized spacial score (nSPS) is 11.3. The third-order valence-electron chi connectivity index (χ3n) is 5.14. The molecule has 0 atom stereocenters. The van der Waals surface area contributed by atoms with Gasteiger partial charge in [-0.15, -0.1) is 10.2 Å². The SMILES string of the molecule is Cc1ccc(NC(=O)CN(C)C(=O)CSc2nnc(-c3ccc(C(C)(C)C)cc3)n2N)cc1. The zero-order valence-electron chi connectivity index (χ0n) is 19.6. The summed E-state index contributed by atoms with van der Waals surface area (Å²) in [5.41, 5.74) is 3.92. The lowest BCUT2D eigenvalue weighted by molar-refractivity contribution is -0.131. The molecule has 0 spiro atoms. The monoisotopic (exact) mass is 466 g/mol. The Kier molecular flexibility index (Phi) is 7.43. The highest BCUT2D eigenvalue weighted by molar-refractivity contribution is 7.99. The van der Waals surface area contributed by atoms with Gasteiger partial charge in [-0.2, -0.15) is 0 Å². The van der Waals surface area contributed by atoms with Gasteiger partial charge in [0.2, 0.25) is 17.0 Å². The molecule has 0 fully saturated rings. The van der Waals surface area contributed by atoms with Crippen LogP contribution in [0.5, 0.6) is 0 Å². The quantitative estimate of drug-likeness (QED) is 0.408. The molecule has 0 saturated heterocycles. The summed E-state index contributed by atoms with van der Waals surface area (Å²) < 4.78 is 1.38. The van der Waals surface area contributed by atoms with Gasteiger partial charge in [0.05, 0.1) is 12.3 Å². The number of nitrogens with two attached hydrogens (primary N) is 1. The molecule has 0 saturated carbocycles. The van der Waals surface area contributed by atoms with Crippen LogP contribution in [-0.2, 0) is 15.0 Å². The predicted octanol–water partition coefficient (Wildman–Crippen LogP) is 3.45. The fraction of sp³-hybridized carbons (Fsp3) is 0.333. The number of aromatic nitrogens is 3. The van der Waals surface area contributed by atoms with E-state index in [2.05, 4.69) is 48.4 Å². The van der Waals surface area contributed by atoms with Crippen LogP contribution >= 0.6 is 11.8 Å². The summed E-state index contributed by atoms with van der Waals surface area (Å²) in [6.07, 6.45) is 0. The van der Waals surface area contributed by atoms with E-state index in [4.69, 9.17) is 5.84 Å². The maximum Gasteiger partial charge on any atom is 0.243 e. The molecule has 0 radical (unpaired) electrons. The van der Waals surface area contributed by atoms with Crippen molar-refractivity contribution in [2.45, 2.75) is 38.3 Å². The van der Waals surface area contributed by atoms with Crippen LogP contribution in [0.3, 0.4) is 0 Å². The lowest BCUT2D eigenvalue weighted by atomic mass is 9.87. The molecule has 3 N–H and O–H groups in total. The number of carbonyl (C=O) groups excluding carboxylic acids is 2. The number of nitrogen functional groups attached to an aromatic ring is 1. The Morgan fingerprint density at radius 3 is 2.30 bits per heavy atom. The highest BCUT2D eigenvalue weighted by Gasteiger charge is 2.18. The number of likely N-dealkylation sites (N-methyl/N-ethyl adjacent to an activating group) is 1. The van der Waals surface area contributed by atoms with Crippen molar-refractivity contribution in [3.05, 3.63) is 59.7 Å². The molecule has 174 valence electrons. The van der Waals surface area contributed by atoms with E-state index in [1.807, 2.05) is 43.3 Å². The topological polar surface area (TPSA) is 106 Å². The van der Waals surface area contributed by atoms with Gasteiger partial charge in [-0.05, 0) is 30.0 Å². The summed E-state index contributed by atoms with van der Waals surface area (Å²) in [6, 6.07) is 15.5. The average Bonchev–Trinajstić information content (AvgIpc) is 3.13. The van der Waals surface area contributed by atoms with Gasteiger partial charge in [-0.25, -0.2) is 4.68 Å². The maximum absolute atomic E-state index is 12.5. The first-order valence-corrected chi connectivity index (χ1v) is 11.6. The van der Waals surface area contributed by atoms with Gasteiger partial charge in [-0.1, -0.05) is 74.5 Å². The molecule has 0 bridgehead atoms. The zero-order valence-corrected chi connectivity index (χ0v) is 20.4. The third kappa shape index (κ3) is 6.35. The first-order valence-electron chi connectivity index (χ1n) is 10.6. The largest absolute Gasteiger partial charge is 0.336 e. The van der Waals surface area contributed by atoms with E-state index in [-0.39, 0.29) is 29.5 Å². The first-order chi connectivity index (χ1) is 15.5. The molecule has 9 heteroatoms. The number of anilines is 1. The molecule has 3 aromatic rings. The number of benzene rings is 2. The van der Waals surface area contributed by atoms with Gasteiger partial charge < -0.3 is 16.1 Å². The summed E-state index contributed by atoms with van der Waals surface area (Å²) in [5.74, 6) is 6.32. The van der Waals surface area contributed by atoms with E-state index < -0.39 is 0 Å². The zero-order chi connectivity index (χ0) is 24.2. The van der Waals surface area contributed by atoms with Crippen molar-refractivity contribution < 1.29 is 9.59 Å². The van der Waals surface area contributed by atoms with Crippen LogP contribution in [0.4, 0.5) is 5.69 Å². The van der Waals surface area contributed by atoms with E-state index in [1.165, 1.54) is 26.9 Å². The van der Waals surface area contributed by atoms with Crippen molar-refractivity contribution in [3.63, 3.8) is 0 Å². The molecule has 0 unspecified atom stereocenters. The molecule has 2 amide bonds. The van der Waals surface area contributed by atoms with Gasteiger partial charge in [0.1, 0.15) is 0 Å². The molecule has 1 aromatic heterocycles. The van der Waals surface area contributed by atoms with Gasteiger partial charge in [-0.3, -0.25) is 9.59 Å². The third-order valence-corrected chi connectivity index (χ3v) is 6.07. The fourth-order valence-corrected chi connectivity index (χ4v) is 3.87. The van der Waals surface area contributed by atoms with Gasteiger partial charge in [0.25, 0.3) is 0 Å². The number of rotatable bonds is 7. The Labute approximate surface area is 198 Å². The summed E-state index contributed by atoms with van der Waals surface area (Å²) in [5, 5.41) is 11.5. The summed E-state index contributed by atoms with van der Waals surface area (Å²) in [7, 11) is 1.59. The van der Waals surface area contributed by atoms with Crippen LogP contribution in [0, 0.1) is 6.92 Å². The Morgan fingerprint density at radius 2 is 1.70 bits per heavy atom. The number of amides is 2. The van der Waals surface area contributed by atoms with Gasteiger partial charge in [0.15, 0.2) is 5.82 Å². The second-order valence-electron chi connectivity index (χ2n) is 8.96. The molecule has 1 heterocycles. The number of carbonyl (C=O) groups is 2. The van der Waals surface area contributed by atoms with Crippen molar-refractivity contribution >= 4 is 29.3 Å². The van der Waals surface area contributed by atoms with Crippen LogP contribution in [-0.4, -0.2) is 50.9 Å². The van der Waals surface area contributed by atoms with E-state index >= 15 is 0 Å². The van der Waals surface area contributed by atoms with Crippen LogP contribution < -0.4 is 11.2 Å². The van der Waals surface area contributed by atoms with Crippen LogP contribution in [0.15, 0.2) is 53.7 Å². The molecule has 0 aliphatic carbocycles. The number of thioether (sulfide) groups is 1. The van der Waals surface area contributed by atoms with Crippen molar-refractivity contribution in [1.82, 2.24) is 19.8 Å². The second-order valence-corrected chi connectivity index (χ2v) is 9.90. The van der Waals surface area contributed by atoms with Gasteiger partial charge >= 0.3 is 0 Å². The Hall–Kier alpha value is -3.33. The van der Waals surface area contributed by atoms with E-state index in [9.17, 15) is 9.59 Å². The van der Waals surface area contributed by atoms with Crippen molar-refractivity contribution in [1.29, 1.82) is 0 Å². The minimum atomic E-state index is -0.261. The summed E-state index contributed by atoms with van der Waals surface area (Å²) in [6.45, 7) is 8.39. The summed E-state index contributed by atoms with van der Waals surface area (Å²) >= 11 is 1.18. The lowest BCUT2D eigenvalue weighted by Gasteiger charge is -2.19. The number of hydrogen-bond donors (Lipinski definition) is 2. The maximum atomic E-state index is 12.5. The fourth-order valence-electron chi connectivity index (χ4n) is 3.07. The Bertz CT molecular complexity index is 1120. The number of nitrogens with zero attached hydrogens (tertiary/aromatic N) is 4. The molecular weight excluding hydrogens is 436 g/mol. The predicted molar refractivity (Wildman–Crippen MR) is 132 cm³/mol. The van der Waals surface area contributed by atoms with E-state index in [0.717, 1.165) is 11.1 Å². The average molecular weight is 467 g/mol. The molecule has 0 aliphatic rings. The highest BCUT2D eigenvalue weighted by atomic mass is 32.2. The molecule has 3 rings (SSSR count). The minimum absolute atomic E-state index is 0.0477. The Balaban J connectivity index is 1.55. The smallest absolute Gasteiger partial charge is 0.243 e. The molecule has 0 aliphatic heterocycles. The Morgan fingerprint density at radius 1 is 1.06 bits per heavy atom. The number of nitrogens with one attached hydrogen (secondary N) is 1. The van der Waals surface area contributed by atoms with Crippen LogP contribution in [0.1, 0.15) is 31.9 Å². The minimum Gasteiger partial charge on any atom is -0.336 e. The summed E-state index contributed by atoms with van der Waals surface area (Å²) in [4.78, 5) is 26.1. The molecular formula is C24H30N6O2S. The molecule has 33 heavy (non-hydrogen) atoms. The second kappa shape index (κ2) is 10.1. The van der Waals surface area contributed by atoms with Crippen molar-refractivity contribution in [2.75, 3.05) is 30.5 Å². The highest BCUT2D eigenvalue weighted by Crippen LogP contribution is 2.26. The van der Waals surface area contributed by atoms with Crippen LogP contribution in [0.25, 0.3) is 11.4 Å². The standard InChI is InChI=1S/C24H30N6O2S/c1-16-6-12-19(13-7-16)26-20(31)14-29(5)21(32)15-33-23-28-27-22(30(23)25)17-8-10-18(11-9-17)24(2,3)4/h6-13H,14-15,25H2,1-5H3,(H,26,31). The molecule has 8 nitrogen and oxygen atoms in total. The first kappa shape index (κ1) is 24.3.